The predicted molar refractivity (Wildman–Crippen MR) is 83.1 cm³/mol. The summed E-state index contributed by atoms with van der Waals surface area (Å²) in [5.41, 5.74) is 5.14. The molecule has 5 heteroatoms. The summed E-state index contributed by atoms with van der Waals surface area (Å²) in [7, 11) is 0. The summed E-state index contributed by atoms with van der Waals surface area (Å²) in [6.07, 6.45) is 3.34. The average molecular weight is 288 g/mol. The van der Waals surface area contributed by atoms with Crippen molar-refractivity contribution in [3.63, 3.8) is 0 Å². The van der Waals surface area contributed by atoms with Gasteiger partial charge in [0.25, 0.3) is 0 Å². The zero-order valence-electron chi connectivity index (χ0n) is 12.6. The molecule has 0 bridgehead atoms. The van der Waals surface area contributed by atoms with Gasteiger partial charge in [-0.15, -0.1) is 0 Å². The minimum Gasteiger partial charge on any atom is -0.392 e. The first kappa shape index (κ1) is 18.3. The second kappa shape index (κ2) is 9.26. The van der Waals surface area contributed by atoms with Crippen LogP contribution in [0.4, 0.5) is 0 Å². The molecule has 1 amide bonds. The van der Waals surface area contributed by atoms with Crippen molar-refractivity contribution in [1.29, 1.82) is 0 Å². The van der Waals surface area contributed by atoms with Gasteiger partial charge in [0.2, 0.25) is 5.91 Å². The molecular formula is C14H28N2O2S. The van der Waals surface area contributed by atoms with Crippen molar-refractivity contribution in [2.45, 2.75) is 59.5 Å². The zero-order chi connectivity index (χ0) is 14.9. The van der Waals surface area contributed by atoms with Crippen LogP contribution < -0.4 is 11.1 Å². The molecule has 0 aromatic carbocycles. The van der Waals surface area contributed by atoms with Gasteiger partial charge in [-0.05, 0) is 26.7 Å². The van der Waals surface area contributed by atoms with E-state index in [1.807, 2.05) is 27.7 Å². The summed E-state index contributed by atoms with van der Waals surface area (Å²) in [5.74, 6) is -0.0592. The highest BCUT2D eigenvalue weighted by atomic mass is 32.1. The topological polar surface area (TPSA) is 64.3 Å². The molecule has 112 valence electrons. The molecule has 0 aliphatic rings. The second-order valence-corrected chi connectivity index (χ2v) is 5.56. The number of carbonyl (C=O) groups excluding carboxylic acids is 1. The minimum absolute atomic E-state index is 0.0592. The number of hydrogen-bond acceptors (Lipinski definition) is 3. The van der Waals surface area contributed by atoms with E-state index in [1.54, 1.807) is 0 Å². The molecule has 0 radical (unpaired) electrons. The zero-order valence-corrected chi connectivity index (χ0v) is 13.4. The predicted octanol–water partition coefficient (Wildman–Crippen LogP) is 2.40. The van der Waals surface area contributed by atoms with Crippen LogP contribution in [-0.2, 0) is 9.53 Å². The third kappa shape index (κ3) is 5.87. The highest BCUT2D eigenvalue weighted by Gasteiger charge is 2.39. The Hall–Kier alpha value is -0.680. The van der Waals surface area contributed by atoms with Gasteiger partial charge in [0.15, 0.2) is 0 Å². The van der Waals surface area contributed by atoms with Crippen molar-refractivity contribution in [2.24, 2.45) is 11.1 Å². The standard InChI is InChI=1S/C14H28N2O2S/c1-5-7-14(8-6-2,12(15)19)13(17)16-9-10-18-11(3)4/h11H,5-10H2,1-4H3,(H2,15,19)(H,16,17). The molecule has 0 fully saturated rings. The fourth-order valence-electron chi connectivity index (χ4n) is 2.19. The summed E-state index contributed by atoms with van der Waals surface area (Å²) in [6, 6.07) is 0. The van der Waals surface area contributed by atoms with Crippen molar-refractivity contribution in [2.75, 3.05) is 13.2 Å². The first-order chi connectivity index (χ1) is 8.90. The molecule has 0 unspecified atom stereocenters. The van der Waals surface area contributed by atoms with Crippen LogP contribution >= 0.6 is 12.2 Å². The number of ether oxygens (including phenoxy) is 1. The Bertz CT molecular complexity index is 287. The summed E-state index contributed by atoms with van der Waals surface area (Å²) >= 11 is 5.14. The summed E-state index contributed by atoms with van der Waals surface area (Å²) < 4.78 is 5.41. The summed E-state index contributed by atoms with van der Waals surface area (Å²) in [5, 5.41) is 2.90. The van der Waals surface area contributed by atoms with Gasteiger partial charge in [-0.1, -0.05) is 38.9 Å². The molecule has 0 aromatic rings. The van der Waals surface area contributed by atoms with E-state index in [2.05, 4.69) is 5.32 Å². The van der Waals surface area contributed by atoms with Crippen molar-refractivity contribution >= 4 is 23.1 Å². The number of nitrogens with one attached hydrogen (secondary N) is 1. The van der Waals surface area contributed by atoms with Crippen LogP contribution in [0.15, 0.2) is 0 Å². The van der Waals surface area contributed by atoms with Crippen molar-refractivity contribution in [1.82, 2.24) is 5.32 Å². The van der Waals surface area contributed by atoms with E-state index in [0.29, 0.717) is 31.0 Å². The molecule has 0 atom stereocenters. The Kier molecular flexibility index (Phi) is 8.93. The number of thiocarbonyl (C=S) groups is 1. The molecule has 4 nitrogen and oxygen atoms in total. The van der Waals surface area contributed by atoms with Crippen LogP contribution in [0, 0.1) is 5.41 Å². The van der Waals surface area contributed by atoms with Gasteiger partial charge in [0, 0.05) is 6.54 Å². The molecule has 0 rings (SSSR count). The monoisotopic (exact) mass is 288 g/mol. The maximum absolute atomic E-state index is 12.4. The van der Waals surface area contributed by atoms with Crippen LogP contribution in [0.2, 0.25) is 0 Å². The molecule has 0 aliphatic heterocycles. The maximum atomic E-state index is 12.4. The van der Waals surface area contributed by atoms with E-state index in [1.165, 1.54) is 0 Å². The maximum Gasteiger partial charge on any atom is 0.233 e. The smallest absolute Gasteiger partial charge is 0.233 e. The summed E-state index contributed by atoms with van der Waals surface area (Å²) in [6.45, 7) is 9.02. The van der Waals surface area contributed by atoms with Crippen molar-refractivity contribution < 1.29 is 9.53 Å². The Morgan fingerprint density at radius 3 is 2.21 bits per heavy atom. The number of hydrogen-bond donors (Lipinski definition) is 2. The molecule has 0 saturated heterocycles. The lowest BCUT2D eigenvalue weighted by Gasteiger charge is -2.31. The number of rotatable bonds is 10. The van der Waals surface area contributed by atoms with Gasteiger partial charge in [0.05, 0.1) is 23.1 Å². The Balaban J connectivity index is 4.57. The van der Waals surface area contributed by atoms with E-state index < -0.39 is 5.41 Å². The third-order valence-electron chi connectivity index (χ3n) is 3.10. The average Bonchev–Trinajstić information content (AvgIpc) is 2.33. The second-order valence-electron chi connectivity index (χ2n) is 5.12. The van der Waals surface area contributed by atoms with E-state index >= 15 is 0 Å². The quantitative estimate of drug-likeness (QED) is 0.478. The molecule has 3 N–H and O–H groups in total. The van der Waals surface area contributed by atoms with Crippen LogP contribution in [-0.4, -0.2) is 30.2 Å². The van der Waals surface area contributed by atoms with Gasteiger partial charge in [-0.25, -0.2) is 0 Å². The van der Waals surface area contributed by atoms with Crippen molar-refractivity contribution in [3.8, 4) is 0 Å². The number of amides is 1. The Morgan fingerprint density at radius 1 is 1.32 bits per heavy atom. The molecule has 0 heterocycles. The molecular weight excluding hydrogens is 260 g/mol. The largest absolute Gasteiger partial charge is 0.392 e. The number of carbonyl (C=O) groups is 1. The lowest BCUT2D eigenvalue weighted by Crippen LogP contribution is -2.49. The van der Waals surface area contributed by atoms with Gasteiger partial charge < -0.3 is 15.8 Å². The molecule has 0 saturated carbocycles. The lowest BCUT2D eigenvalue weighted by atomic mass is 9.78. The normalized spacial score (nSPS) is 11.6. The highest BCUT2D eigenvalue weighted by Crippen LogP contribution is 2.30. The van der Waals surface area contributed by atoms with Crippen LogP contribution in [0.25, 0.3) is 0 Å². The molecule has 19 heavy (non-hydrogen) atoms. The van der Waals surface area contributed by atoms with Gasteiger partial charge in [-0.3, -0.25) is 4.79 Å². The van der Waals surface area contributed by atoms with Gasteiger partial charge >= 0.3 is 0 Å². The van der Waals surface area contributed by atoms with Gasteiger partial charge in [0.1, 0.15) is 0 Å². The lowest BCUT2D eigenvalue weighted by molar-refractivity contribution is -0.128. The van der Waals surface area contributed by atoms with Crippen LogP contribution in [0.5, 0.6) is 0 Å². The van der Waals surface area contributed by atoms with E-state index in [0.717, 1.165) is 12.8 Å². The Labute approximate surface area is 122 Å². The van der Waals surface area contributed by atoms with Crippen LogP contribution in [0.3, 0.4) is 0 Å². The SMILES string of the molecule is CCCC(CCC)(C(=O)NCCOC(C)C)C(N)=S. The first-order valence-electron chi connectivity index (χ1n) is 7.10. The van der Waals surface area contributed by atoms with E-state index in [9.17, 15) is 4.79 Å². The summed E-state index contributed by atoms with van der Waals surface area (Å²) in [4.78, 5) is 12.7. The van der Waals surface area contributed by atoms with E-state index in [4.69, 9.17) is 22.7 Å². The Morgan fingerprint density at radius 2 is 1.84 bits per heavy atom. The molecule has 0 aromatic heterocycles. The fraction of sp³-hybridized carbons (Fsp3) is 0.857. The van der Waals surface area contributed by atoms with E-state index in [-0.39, 0.29) is 12.0 Å². The van der Waals surface area contributed by atoms with Crippen LogP contribution in [0.1, 0.15) is 53.4 Å². The minimum atomic E-state index is -0.698. The fourth-order valence-corrected chi connectivity index (χ4v) is 2.49. The number of nitrogens with two attached hydrogens (primary N) is 1. The van der Waals surface area contributed by atoms with Crippen molar-refractivity contribution in [3.05, 3.63) is 0 Å². The third-order valence-corrected chi connectivity index (χ3v) is 3.49. The van der Waals surface area contributed by atoms with Gasteiger partial charge in [-0.2, -0.15) is 0 Å². The first-order valence-corrected chi connectivity index (χ1v) is 7.51. The molecule has 0 spiro atoms. The molecule has 0 aliphatic carbocycles. The highest BCUT2D eigenvalue weighted by molar-refractivity contribution is 7.80.